The number of ether oxygens (including phenoxy) is 1. The lowest BCUT2D eigenvalue weighted by Crippen LogP contribution is -2.13. The zero-order valence-electron chi connectivity index (χ0n) is 17.5. The van der Waals surface area contributed by atoms with E-state index < -0.39 is 0 Å². The van der Waals surface area contributed by atoms with Crippen LogP contribution >= 0.6 is 34.7 Å². The predicted octanol–water partition coefficient (Wildman–Crippen LogP) is 6.02. The van der Waals surface area contributed by atoms with Gasteiger partial charge in [-0.15, -0.1) is 23.1 Å². The molecule has 10 heteroatoms. The summed E-state index contributed by atoms with van der Waals surface area (Å²) >= 11 is 9.02. The minimum absolute atomic E-state index is 0.270. The molecular formula is C22H19ClN4O3S2. The highest BCUT2D eigenvalue weighted by atomic mass is 35.5. The Labute approximate surface area is 198 Å². The second-order valence-electron chi connectivity index (χ2n) is 6.79. The molecule has 4 rings (SSSR count). The van der Waals surface area contributed by atoms with Gasteiger partial charge in [0.15, 0.2) is 5.13 Å². The average molecular weight is 487 g/mol. The molecule has 3 aromatic heterocycles. The molecule has 0 fully saturated rings. The number of amides is 1. The van der Waals surface area contributed by atoms with E-state index in [1.54, 1.807) is 37.6 Å². The van der Waals surface area contributed by atoms with Crippen LogP contribution in [-0.2, 0) is 5.75 Å². The second-order valence-corrected chi connectivity index (χ2v) is 9.02. The summed E-state index contributed by atoms with van der Waals surface area (Å²) in [4.78, 5) is 21.9. The van der Waals surface area contributed by atoms with Crippen molar-refractivity contribution in [2.45, 2.75) is 24.6 Å². The summed E-state index contributed by atoms with van der Waals surface area (Å²) in [7, 11) is 1.57. The zero-order valence-corrected chi connectivity index (χ0v) is 19.9. The number of pyridine rings is 1. The summed E-state index contributed by atoms with van der Waals surface area (Å²) in [5, 5.41) is 10.3. The lowest BCUT2D eigenvalue weighted by molar-refractivity contribution is 0.102. The van der Waals surface area contributed by atoms with Crippen LogP contribution < -0.4 is 10.1 Å². The molecule has 1 aromatic carbocycles. The van der Waals surface area contributed by atoms with E-state index in [1.807, 2.05) is 25.3 Å². The van der Waals surface area contributed by atoms with Gasteiger partial charge in [0.2, 0.25) is 0 Å². The van der Waals surface area contributed by atoms with E-state index in [0.29, 0.717) is 37.9 Å². The molecule has 0 radical (unpaired) electrons. The number of halogens is 1. The smallest absolute Gasteiger partial charge is 0.260 e. The first-order valence-corrected chi connectivity index (χ1v) is 11.8. The first-order valence-electron chi connectivity index (χ1n) is 9.56. The number of thiazole rings is 1. The van der Waals surface area contributed by atoms with Crippen LogP contribution in [0.1, 0.15) is 27.4 Å². The molecule has 3 heterocycles. The predicted molar refractivity (Wildman–Crippen MR) is 127 cm³/mol. The molecule has 0 bridgehead atoms. The van der Waals surface area contributed by atoms with Crippen molar-refractivity contribution < 1.29 is 14.1 Å². The van der Waals surface area contributed by atoms with Crippen molar-refractivity contribution in [2.24, 2.45) is 0 Å². The lowest BCUT2D eigenvalue weighted by atomic mass is 10.2. The van der Waals surface area contributed by atoms with Gasteiger partial charge in [-0.1, -0.05) is 16.8 Å². The standard InChI is InChI=1S/C22H19ClN4O3S2/c1-12-16(13(2)30-27-12)10-31-21-15(5-4-8-24-21)20(28)26-22-25-18(11-32-22)14-6-7-19(29-3)17(23)9-14/h4-9,11H,10H2,1-3H3,(H,25,26,28). The highest BCUT2D eigenvalue weighted by Crippen LogP contribution is 2.32. The van der Waals surface area contributed by atoms with Crippen molar-refractivity contribution in [3.8, 4) is 17.0 Å². The number of nitrogens with zero attached hydrogens (tertiary/aromatic N) is 3. The van der Waals surface area contributed by atoms with Gasteiger partial charge >= 0.3 is 0 Å². The van der Waals surface area contributed by atoms with E-state index in [1.165, 1.54) is 23.1 Å². The number of rotatable bonds is 7. The lowest BCUT2D eigenvalue weighted by Gasteiger charge is -2.07. The van der Waals surface area contributed by atoms with Crippen molar-refractivity contribution in [1.29, 1.82) is 0 Å². The summed E-state index contributed by atoms with van der Waals surface area (Å²) in [5.74, 6) is 1.70. The van der Waals surface area contributed by atoms with Crippen molar-refractivity contribution in [3.05, 3.63) is 69.5 Å². The Balaban J connectivity index is 1.49. The maximum absolute atomic E-state index is 12.9. The van der Waals surface area contributed by atoms with Gasteiger partial charge in [-0.3, -0.25) is 10.1 Å². The Morgan fingerprint density at radius 3 is 2.88 bits per heavy atom. The van der Waals surface area contributed by atoms with Crippen LogP contribution in [0.15, 0.2) is 51.5 Å². The molecular weight excluding hydrogens is 468 g/mol. The van der Waals surface area contributed by atoms with Gasteiger partial charge in [-0.05, 0) is 44.2 Å². The minimum atomic E-state index is -0.270. The molecule has 7 nitrogen and oxygen atoms in total. The van der Waals surface area contributed by atoms with E-state index in [-0.39, 0.29) is 5.91 Å². The summed E-state index contributed by atoms with van der Waals surface area (Å²) in [5.41, 5.74) is 3.88. The fraction of sp³-hybridized carbons (Fsp3) is 0.182. The molecule has 4 aromatic rings. The molecule has 164 valence electrons. The van der Waals surface area contributed by atoms with E-state index in [0.717, 1.165) is 22.6 Å². The van der Waals surface area contributed by atoms with Gasteiger partial charge < -0.3 is 9.26 Å². The molecule has 0 aliphatic carbocycles. The van der Waals surface area contributed by atoms with Crippen molar-refractivity contribution >= 4 is 45.7 Å². The third-order valence-electron chi connectivity index (χ3n) is 4.72. The summed E-state index contributed by atoms with van der Waals surface area (Å²) in [6.45, 7) is 3.77. The Kier molecular flexibility index (Phi) is 6.78. The van der Waals surface area contributed by atoms with Crippen molar-refractivity contribution in [2.75, 3.05) is 12.4 Å². The molecule has 0 unspecified atom stereocenters. The zero-order chi connectivity index (χ0) is 22.7. The normalized spacial score (nSPS) is 10.9. The van der Waals surface area contributed by atoms with Gasteiger partial charge in [0.05, 0.1) is 29.1 Å². The van der Waals surface area contributed by atoms with Crippen LogP contribution in [0, 0.1) is 13.8 Å². The van der Waals surface area contributed by atoms with Gasteiger partial charge in [-0.25, -0.2) is 9.97 Å². The van der Waals surface area contributed by atoms with Crippen LogP contribution in [0.4, 0.5) is 5.13 Å². The van der Waals surface area contributed by atoms with Gasteiger partial charge in [0, 0.05) is 28.5 Å². The molecule has 32 heavy (non-hydrogen) atoms. The van der Waals surface area contributed by atoms with Crippen LogP contribution in [0.5, 0.6) is 5.75 Å². The number of aryl methyl sites for hydroxylation is 2. The number of carbonyl (C=O) groups excluding carboxylic acids is 1. The van der Waals surface area contributed by atoms with Gasteiger partial charge in [0.25, 0.3) is 5.91 Å². The number of hydrogen-bond donors (Lipinski definition) is 1. The van der Waals surface area contributed by atoms with Crippen LogP contribution in [0.25, 0.3) is 11.3 Å². The number of benzene rings is 1. The Morgan fingerprint density at radius 2 is 2.16 bits per heavy atom. The molecule has 0 atom stereocenters. The quantitative estimate of drug-likeness (QED) is 0.319. The first kappa shape index (κ1) is 22.3. The molecule has 0 saturated heterocycles. The van der Waals surface area contributed by atoms with Gasteiger partial charge in [-0.2, -0.15) is 0 Å². The number of thioether (sulfide) groups is 1. The summed E-state index contributed by atoms with van der Waals surface area (Å²) in [6.07, 6.45) is 1.67. The van der Waals surface area contributed by atoms with Crippen LogP contribution in [-0.4, -0.2) is 28.1 Å². The van der Waals surface area contributed by atoms with E-state index in [4.69, 9.17) is 20.9 Å². The van der Waals surface area contributed by atoms with E-state index in [9.17, 15) is 4.79 Å². The maximum atomic E-state index is 12.9. The number of methoxy groups -OCH3 is 1. The highest BCUT2D eigenvalue weighted by molar-refractivity contribution is 7.98. The minimum Gasteiger partial charge on any atom is -0.495 e. The highest BCUT2D eigenvalue weighted by Gasteiger charge is 2.17. The Hall–Kier alpha value is -2.88. The topological polar surface area (TPSA) is 90.1 Å². The van der Waals surface area contributed by atoms with Crippen LogP contribution in [0.3, 0.4) is 0 Å². The number of anilines is 1. The fourth-order valence-corrected chi connectivity index (χ4v) is 5.10. The number of carbonyl (C=O) groups is 1. The Bertz CT molecular complexity index is 1250. The average Bonchev–Trinajstić information content (AvgIpc) is 3.38. The first-order chi connectivity index (χ1) is 15.5. The molecule has 1 N–H and O–H groups in total. The SMILES string of the molecule is COc1ccc(-c2csc(NC(=O)c3cccnc3SCc3c(C)noc3C)n2)cc1Cl. The van der Waals surface area contributed by atoms with Crippen LogP contribution in [0.2, 0.25) is 5.02 Å². The fourth-order valence-electron chi connectivity index (χ4n) is 2.98. The third-order valence-corrected chi connectivity index (χ3v) is 6.81. The number of nitrogens with one attached hydrogen (secondary N) is 1. The molecule has 0 aliphatic heterocycles. The maximum Gasteiger partial charge on any atom is 0.260 e. The molecule has 0 saturated carbocycles. The van der Waals surface area contributed by atoms with Gasteiger partial charge in [0.1, 0.15) is 16.5 Å². The molecule has 1 amide bonds. The van der Waals surface area contributed by atoms with Crippen molar-refractivity contribution in [1.82, 2.24) is 15.1 Å². The second kappa shape index (κ2) is 9.72. The largest absolute Gasteiger partial charge is 0.495 e. The number of hydrogen-bond acceptors (Lipinski definition) is 8. The number of aromatic nitrogens is 3. The molecule has 0 spiro atoms. The summed E-state index contributed by atoms with van der Waals surface area (Å²) in [6, 6.07) is 8.92. The van der Waals surface area contributed by atoms with Crippen molar-refractivity contribution in [3.63, 3.8) is 0 Å². The third kappa shape index (κ3) is 4.79. The van der Waals surface area contributed by atoms with E-state index >= 15 is 0 Å². The van der Waals surface area contributed by atoms with E-state index in [2.05, 4.69) is 20.4 Å². The monoisotopic (exact) mass is 486 g/mol. The Morgan fingerprint density at radius 1 is 1.31 bits per heavy atom. The molecule has 0 aliphatic rings. The summed E-state index contributed by atoms with van der Waals surface area (Å²) < 4.78 is 10.4.